The number of nitrogens with zero attached hydrogens (tertiary/aromatic N) is 1. The van der Waals surface area contributed by atoms with Gasteiger partial charge in [-0.25, -0.2) is 9.37 Å². The number of aromatic nitrogens is 1. The molecule has 7 heteroatoms. The number of esters is 1. The fourth-order valence-corrected chi connectivity index (χ4v) is 1.89. The Morgan fingerprint density at radius 3 is 2.70 bits per heavy atom. The van der Waals surface area contributed by atoms with Crippen LogP contribution >= 0.6 is 0 Å². The van der Waals surface area contributed by atoms with E-state index in [9.17, 15) is 14.0 Å². The third-order valence-corrected chi connectivity index (χ3v) is 3.13. The zero-order valence-electron chi connectivity index (χ0n) is 12.7. The van der Waals surface area contributed by atoms with E-state index in [2.05, 4.69) is 15.0 Å². The molecular formula is C16H17FN2O4. The lowest BCUT2D eigenvalue weighted by Crippen LogP contribution is -2.26. The summed E-state index contributed by atoms with van der Waals surface area (Å²) < 4.78 is 22.9. The molecule has 0 atom stereocenters. The molecule has 23 heavy (non-hydrogen) atoms. The molecule has 0 bridgehead atoms. The minimum absolute atomic E-state index is 0.135. The smallest absolute Gasteiger partial charge is 0.307 e. The van der Waals surface area contributed by atoms with Crippen molar-refractivity contribution in [2.24, 2.45) is 0 Å². The Bertz CT molecular complexity index is 667. The minimum Gasteiger partial charge on any atom is -0.469 e. The molecule has 1 aromatic heterocycles. The summed E-state index contributed by atoms with van der Waals surface area (Å²) in [6.45, 7) is 0.234. The largest absolute Gasteiger partial charge is 0.469 e. The van der Waals surface area contributed by atoms with Gasteiger partial charge in [0.2, 0.25) is 5.91 Å². The number of hydrogen-bond donors (Lipinski definition) is 1. The maximum Gasteiger partial charge on any atom is 0.307 e. The van der Waals surface area contributed by atoms with Gasteiger partial charge in [0.15, 0.2) is 11.7 Å². The third kappa shape index (κ3) is 5.21. The second-order valence-corrected chi connectivity index (χ2v) is 4.80. The summed E-state index contributed by atoms with van der Waals surface area (Å²) in [6, 6.07) is 5.87. The quantitative estimate of drug-likeness (QED) is 0.790. The molecule has 6 nitrogen and oxygen atoms in total. The number of rotatable bonds is 7. The number of aryl methyl sites for hydroxylation is 1. The second-order valence-electron chi connectivity index (χ2n) is 4.80. The van der Waals surface area contributed by atoms with Crippen molar-refractivity contribution in [3.8, 4) is 11.3 Å². The lowest BCUT2D eigenvalue weighted by atomic mass is 10.2. The highest BCUT2D eigenvalue weighted by molar-refractivity contribution is 5.77. The van der Waals surface area contributed by atoms with Crippen LogP contribution in [0.4, 0.5) is 4.39 Å². The van der Waals surface area contributed by atoms with Crippen molar-refractivity contribution in [2.45, 2.75) is 19.3 Å². The Hall–Kier alpha value is -2.70. The Labute approximate surface area is 132 Å². The van der Waals surface area contributed by atoms with Crippen LogP contribution < -0.4 is 5.32 Å². The number of oxazole rings is 1. The molecule has 1 N–H and O–H groups in total. The molecule has 0 unspecified atom stereocenters. The predicted molar refractivity (Wildman–Crippen MR) is 79.9 cm³/mol. The topological polar surface area (TPSA) is 81.4 Å². The summed E-state index contributed by atoms with van der Waals surface area (Å²) >= 11 is 0. The number of ether oxygens (including phenoxy) is 1. The zero-order chi connectivity index (χ0) is 16.7. The molecule has 1 aromatic carbocycles. The molecular weight excluding hydrogens is 303 g/mol. The highest BCUT2D eigenvalue weighted by atomic mass is 19.1. The molecule has 0 aliphatic carbocycles. The van der Waals surface area contributed by atoms with Gasteiger partial charge < -0.3 is 14.5 Å². The van der Waals surface area contributed by atoms with Crippen molar-refractivity contribution in [2.75, 3.05) is 13.7 Å². The molecule has 1 heterocycles. The Morgan fingerprint density at radius 2 is 2.00 bits per heavy atom. The standard InChI is InChI=1S/C16H17FN2O4/c1-22-16(21)8-9-18-14(20)6-7-15-19-10-13(23-15)11-2-4-12(17)5-3-11/h2-5,10H,6-9H2,1H3,(H,18,20). The van der Waals surface area contributed by atoms with Crippen LogP contribution in [0.25, 0.3) is 11.3 Å². The predicted octanol–water partition coefficient (Wildman–Crippen LogP) is 2.09. The van der Waals surface area contributed by atoms with Crippen LogP contribution in [0, 0.1) is 5.82 Å². The average Bonchev–Trinajstić information content (AvgIpc) is 3.02. The van der Waals surface area contributed by atoms with Gasteiger partial charge in [-0.15, -0.1) is 0 Å². The van der Waals surface area contributed by atoms with Gasteiger partial charge in [0.1, 0.15) is 5.82 Å². The molecule has 0 saturated carbocycles. The van der Waals surface area contributed by atoms with Crippen LogP contribution in [-0.2, 0) is 20.7 Å². The van der Waals surface area contributed by atoms with Crippen molar-refractivity contribution < 1.29 is 23.1 Å². The van der Waals surface area contributed by atoms with Crippen molar-refractivity contribution in [3.05, 3.63) is 42.2 Å². The zero-order valence-corrected chi connectivity index (χ0v) is 12.7. The van der Waals surface area contributed by atoms with Crippen LogP contribution in [0.2, 0.25) is 0 Å². The molecule has 2 aromatic rings. The Morgan fingerprint density at radius 1 is 1.26 bits per heavy atom. The van der Waals surface area contributed by atoms with E-state index >= 15 is 0 Å². The van der Waals surface area contributed by atoms with Crippen molar-refractivity contribution in [3.63, 3.8) is 0 Å². The molecule has 0 aliphatic heterocycles. The number of carbonyl (C=O) groups is 2. The van der Waals surface area contributed by atoms with Gasteiger partial charge in [0.25, 0.3) is 0 Å². The summed E-state index contributed by atoms with van der Waals surface area (Å²) in [6.07, 6.45) is 2.21. The van der Waals surface area contributed by atoms with Crippen LogP contribution in [-0.4, -0.2) is 30.5 Å². The first-order valence-corrected chi connectivity index (χ1v) is 7.12. The maximum absolute atomic E-state index is 12.9. The highest BCUT2D eigenvalue weighted by Gasteiger charge is 2.09. The summed E-state index contributed by atoms with van der Waals surface area (Å²) in [5, 5.41) is 2.61. The third-order valence-electron chi connectivity index (χ3n) is 3.13. The number of carbonyl (C=O) groups excluding carboxylic acids is 2. The van der Waals surface area contributed by atoms with E-state index in [-0.39, 0.29) is 37.1 Å². The number of amides is 1. The van der Waals surface area contributed by atoms with Gasteiger partial charge >= 0.3 is 5.97 Å². The van der Waals surface area contributed by atoms with Crippen LogP contribution in [0.1, 0.15) is 18.7 Å². The van der Waals surface area contributed by atoms with E-state index in [4.69, 9.17) is 4.42 Å². The van der Waals surface area contributed by atoms with Crippen molar-refractivity contribution in [1.82, 2.24) is 10.3 Å². The normalized spacial score (nSPS) is 10.3. The molecule has 0 saturated heterocycles. The first kappa shape index (κ1) is 16.7. The average molecular weight is 320 g/mol. The lowest BCUT2D eigenvalue weighted by Gasteiger charge is -2.03. The Kier molecular flexibility index (Phi) is 5.85. The van der Waals surface area contributed by atoms with E-state index in [1.807, 2.05) is 0 Å². The van der Waals surface area contributed by atoms with E-state index in [1.54, 1.807) is 12.1 Å². The molecule has 0 aliphatic rings. The molecule has 0 radical (unpaired) electrons. The number of hydrogen-bond acceptors (Lipinski definition) is 5. The van der Waals surface area contributed by atoms with Crippen molar-refractivity contribution in [1.29, 1.82) is 0 Å². The van der Waals surface area contributed by atoms with Crippen LogP contribution in [0.5, 0.6) is 0 Å². The highest BCUT2D eigenvalue weighted by Crippen LogP contribution is 2.21. The molecule has 0 fully saturated rings. The number of nitrogens with one attached hydrogen (secondary N) is 1. The SMILES string of the molecule is COC(=O)CCNC(=O)CCc1ncc(-c2ccc(F)cc2)o1. The number of halogens is 1. The first-order valence-electron chi connectivity index (χ1n) is 7.12. The van der Waals surface area contributed by atoms with Gasteiger partial charge in [-0.2, -0.15) is 0 Å². The number of benzene rings is 1. The van der Waals surface area contributed by atoms with Gasteiger partial charge in [-0.05, 0) is 24.3 Å². The fraction of sp³-hybridized carbons (Fsp3) is 0.312. The van der Waals surface area contributed by atoms with E-state index < -0.39 is 0 Å². The lowest BCUT2D eigenvalue weighted by molar-refractivity contribution is -0.140. The minimum atomic E-state index is -0.373. The van der Waals surface area contributed by atoms with E-state index in [0.29, 0.717) is 23.6 Å². The second kappa shape index (κ2) is 8.07. The molecule has 2 rings (SSSR count). The van der Waals surface area contributed by atoms with Gasteiger partial charge in [-0.1, -0.05) is 0 Å². The summed E-state index contributed by atoms with van der Waals surface area (Å²) in [5.41, 5.74) is 0.715. The summed E-state index contributed by atoms with van der Waals surface area (Å²) in [5.74, 6) is 0.0491. The van der Waals surface area contributed by atoms with Crippen LogP contribution in [0.15, 0.2) is 34.9 Å². The molecule has 0 spiro atoms. The summed E-state index contributed by atoms with van der Waals surface area (Å²) in [7, 11) is 1.30. The monoisotopic (exact) mass is 320 g/mol. The maximum atomic E-state index is 12.9. The van der Waals surface area contributed by atoms with E-state index in [0.717, 1.165) is 0 Å². The van der Waals surface area contributed by atoms with E-state index in [1.165, 1.54) is 25.4 Å². The van der Waals surface area contributed by atoms with Crippen molar-refractivity contribution >= 4 is 11.9 Å². The van der Waals surface area contributed by atoms with Gasteiger partial charge in [0.05, 0.1) is 19.7 Å². The first-order chi connectivity index (χ1) is 11.1. The van der Waals surface area contributed by atoms with Gasteiger partial charge in [0, 0.05) is 24.9 Å². The Balaban J connectivity index is 1.79. The molecule has 1 amide bonds. The van der Waals surface area contributed by atoms with Crippen LogP contribution in [0.3, 0.4) is 0 Å². The summed E-state index contributed by atoms with van der Waals surface area (Å²) in [4.78, 5) is 26.6. The molecule has 122 valence electrons. The number of methoxy groups -OCH3 is 1. The fourth-order valence-electron chi connectivity index (χ4n) is 1.89. The van der Waals surface area contributed by atoms with Gasteiger partial charge in [-0.3, -0.25) is 9.59 Å².